The highest BCUT2D eigenvalue weighted by atomic mass is 16.1. The zero-order valence-corrected chi connectivity index (χ0v) is 15.8. The summed E-state index contributed by atoms with van der Waals surface area (Å²) in [6.45, 7) is 2.72. The summed E-state index contributed by atoms with van der Waals surface area (Å²) >= 11 is 0. The maximum atomic E-state index is 12.4. The molecule has 2 aliphatic carbocycles. The van der Waals surface area contributed by atoms with Crippen LogP contribution in [0.4, 0.5) is 5.82 Å². The lowest BCUT2D eigenvalue weighted by atomic mass is 9.95. The van der Waals surface area contributed by atoms with Gasteiger partial charge >= 0.3 is 0 Å². The van der Waals surface area contributed by atoms with Crippen molar-refractivity contribution in [2.45, 2.75) is 63.8 Å². The molecule has 0 spiro atoms. The Balaban J connectivity index is 1.26. The second kappa shape index (κ2) is 7.06. The summed E-state index contributed by atoms with van der Waals surface area (Å²) < 4.78 is 1.72. The highest BCUT2D eigenvalue weighted by molar-refractivity contribution is 5.46. The largest absolute Gasteiger partial charge is 0.355 e. The van der Waals surface area contributed by atoms with Gasteiger partial charge in [-0.2, -0.15) is 5.10 Å². The van der Waals surface area contributed by atoms with Gasteiger partial charge < -0.3 is 4.90 Å². The number of rotatable bonds is 4. The maximum Gasteiger partial charge on any atom is 0.267 e. The summed E-state index contributed by atoms with van der Waals surface area (Å²) in [4.78, 5) is 24.1. The first kappa shape index (κ1) is 16.9. The Bertz CT molecular complexity index is 880. The van der Waals surface area contributed by atoms with E-state index in [2.05, 4.69) is 14.9 Å². The second-order valence-corrected chi connectivity index (χ2v) is 8.31. The molecule has 2 aromatic rings. The zero-order valence-electron chi connectivity index (χ0n) is 15.8. The average molecular weight is 365 g/mol. The van der Waals surface area contributed by atoms with Crippen molar-refractivity contribution in [3.05, 3.63) is 45.8 Å². The number of aryl methyl sites for hydroxylation is 2. The second-order valence-electron chi connectivity index (χ2n) is 8.31. The molecule has 1 saturated heterocycles. The average Bonchev–Trinajstić information content (AvgIpc) is 3.54. The maximum absolute atomic E-state index is 12.4. The van der Waals surface area contributed by atoms with Gasteiger partial charge in [-0.25, -0.2) is 9.67 Å². The molecule has 1 saturated carbocycles. The zero-order chi connectivity index (χ0) is 18.2. The molecule has 0 N–H and O–H groups in total. The van der Waals surface area contributed by atoms with Crippen LogP contribution in [0.1, 0.15) is 61.4 Å². The molecule has 3 heterocycles. The van der Waals surface area contributed by atoms with Crippen LogP contribution in [0.15, 0.2) is 23.3 Å². The van der Waals surface area contributed by atoms with Crippen LogP contribution in [0.3, 0.4) is 0 Å². The van der Waals surface area contributed by atoms with Crippen molar-refractivity contribution in [3.63, 3.8) is 0 Å². The molecule has 0 amide bonds. The number of anilines is 1. The van der Waals surface area contributed by atoms with E-state index in [1.54, 1.807) is 4.68 Å². The van der Waals surface area contributed by atoms with Crippen molar-refractivity contribution < 1.29 is 0 Å². The fraction of sp³-hybridized carbons (Fsp3) is 0.619. The number of aromatic nitrogens is 4. The Morgan fingerprint density at radius 1 is 1.00 bits per heavy atom. The monoisotopic (exact) mass is 365 g/mol. The van der Waals surface area contributed by atoms with Crippen LogP contribution in [0.5, 0.6) is 0 Å². The molecule has 2 aromatic heterocycles. The Kier molecular flexibility index (Phi) is 4.42. The third-order valence-electron chi connectivity index (χ3n) is 6.29. The molecule has 142 valence electrons. The van der Waals surface area contributed by atoms with Crippen LogP contribution in [0.2, 0.25) is 0 Å². The SMILES string of the molecule is O=c1cc2c(nn1CC1CCN(c3nccnc3C3CC3)CC1)CCCC2. The molecular formula is C21H27N5O. The molecule has 0 bridgehead atoms. The van der Waals surface area contributed by atoms with E-state index < -0.39 is 0 Å². The number of hydrogen-bond donors (Lipinski definition) is 0. The van der Waals surface area contributed by atoms with Gasteiger partial charge in [-0.1, -0.05) is 0 Å². The van der Waals surface area contributed by atoms with Crippen molar-refractivity contribution in [1.82, 2.24) is 19.7 Å². The van der Waals surface area contributed by atoms with Gasteiger partial charge in [-0.05, 0) is 62.8 Å². The predicted octanol–water partition coefficient (Wildman–Crippen LogP) is 2.71. The fourth-order valence-corrected chi connectivity index (χ4v) is 4.53. The summed E-state index contributed by atoms with van der Waals surface area (Å²) in [6, 6.07) is 1.83. The van der Waals surface area contributed by atoms with Crippen molar-refractivity contribution in [1.29, 1.82) is 0 Å². The number of hydrogen-bond acceptors (Lipinski definition) is 5. The summed E-state index contributed by atoms with van der Waals surface area (Å²) in [7, 11) is 0. The molecule has 0 unspecified atom stereocenters. The van der Waals surface area contributed by atoms with Crippen molar-refractivity contribution in [2.24, 2.45) is 5.92 Å². The summed E-state index contributed by atoms with van der Waals surface area (Å²) in [5.74, 6) is 2.21. The van der Waals surface area contributed by atoms with E-state index in [0.29, 0.717) is 11.8 Å². The number of nitrogens with zero attached hydrogens (tertiary/aromatic N) is 5. The predicted molar refractivity (Wildman–Crippen MR) is 104 cm³/mol. The molecule has 6 heteroatoms. The lowest BCUT2D eigenvalue weighted by molar-refractivity contribution is 0.331. The topological polar surface area (TPSA) is 63.9 Å². The van der Waals surface area contributed by atoms with Gasteiger partial charge in [0.15, 0.2) is 5.82 Å². The molecule has 1 aliphatic heterocycles. The van der Waals surface area contributed by atoms with Crippen LogP contribution < -0.4 is 10.5 Å². The van der Waals surface area contributed by atoms with E-state index in [1.165, 1.54) is 36.9 Å². The highest BCUT2D eigenvalue weighted by Crippen LogP contribution is 2.42. The minimum Gasteiger partial charge on any atom is -0.355 e. The number of piperidine rings is 1. The first-order valence-electron chi connectivity index (χ1n) is 10.4. The minimum atomic E-state index is 0.0722. The van der Waals surface area contributed by atoms with Crippen molar-refractivity contribution in [2.75, 3.05) is 18.0 Å². The smallest absolute Gasteiger partial charge is 0.267 e. The normalized spacial score (nSPS) is 20.5. The van der Waals surface area contributed by atoms with Gasteiger partial charge in [-0.3, -0.25) is 9.78 Å². The Labute approximate surface area is 159 Å². The standard InChI is InChI=1S/C21H27N5O/c27-19-13-17-3-1-2-4-18(17)24-26(19)14-15-7-11-25(12-8-15)21-20(16-5-6-16)22-9-10-23-21/h9-10,13,15-16H,1-8,11-12,14H2. The van der Waals surface area contributed by atoms with Crippen molar-refractivity contribution >= 4 is 5.82 Å². The van der Waals surface area contributed by atoms with E-state index in [9.17, 15) is 4.79 Å². The molecule has 2 fully saturated rings. The molecule has 0 radical (unpaired) electrons. The first-order valence-corrected chi connectivity index (χ1v) is 10.4. The molecule has 0 aromatic carbocycles. The van der Waals surface area contributed by atoms with Gasteiger partial charge in [0.05, 0.1) is 11.4 Å². The first-order chi connectivity index (χ1) is 13.3. The van der Waals surface area contributed by atoms with E-state index in [4.69, 9.17) is 5.10 Å². The molecule has 0 atom stereocenters. The quantitative estimate of drug-likeness (QED) is 0.834. The van der Waals surface area contributed by atoms with Crippen LogP contribution >= 0.6 is 0 Å². The Morgan fingerprint density at radius 2 is 1.78 bits per heavy atom. The lowest BCUT2D eigenvalue weighted by Crippen LogP contribution is -2.38. The Hall–Kier alpha value is -2.24. The lowest BCUT2D eigenvalue weighted by Gasteiger charge is -2.33. The summed E-state index contributed by atoms with van der Waals surface area (Å²) in [5, 5.41) is 4.70. The molecule has 5 rings (SSSR count). The third kappa shape index (κ3) is 3.49. The number of fused-ring (bicyclic) bond motifs is 1. The van der Waals surface area contributed by atoms with Gasteiger partial charge in [0.1, 0.15) is 0 Å². The molecular weight excluding hydrogens is 338 g/mol. The van der Waals surface area contributed by atoms with E-state index in [1.807, 2.05) is 18.5 Å². The fourth-order valence-electron chi connectivity index (χ4n) is 4.53. The van der Waals surface area contributed by atoms with Gasteiger partial charge in [-0.15, -0.1) is 0 Å². The van der Waals surface area contributed by atoms with Crippen LogP contribution in [-0.4, -0.2) is 32.8 Å². The van der Waals surface area contributed by atoms with Gasteiger partial charge in [0.2, 0.25) is 0 Å². The third-order valence-corrected chi connectivity index (χ3v) is 6.29. The van der Waals surface area contributed by atoms with Crippen LogP contribution in [0.25, 0.3) is 0 Å². The summed E-state index contributed by atoms with van der Waals surface area (Å²) in [5.41, 5.74) is 3.58. The van der Waals surface area contributed by atoms with Crippen LogP contribution in [0, 0.1) is 5.92 Å². The summed E-state index contributed by atoms with van der Waals surface area (Å²) in [6.07, 6.45) is 12.7. The Morgan fingerprint density at radius 3 is 2.59 bits per heavy atom. The molecule has 27 heavy (non-hydrogen) atoms. The molecule has 6 nitrogen and oxygen atoms in total. The van der Waals surface area contributed by atoms with E-state index in [-0.39, 0.29) is 5.56 Å². The molecule has 3 aliphatic rings. The minimum absolute atomic E-state index is 0.0722. The van der Waals surface area contributed by atoms with Crippen molar-refractivity contribution in [3.8, 4) is 0 Å². The van der Waals surface area contributed by atoms with E-state index in [0.717, 1.165) is 56.8 Å². The van der Waals surface area contributed by atoms with E-state index >= 15 is 0 Å². The highest BCUT2D eigenvalue weighted by Gasteiger charge is 2.31. The van der Waals surface area contributed by atoms with Gasteiger partial charge in [0.25, 0.3) is 5.56 Å². The van der Waals surface area contributed by atoms with Crippen LogP contribution in [-0.2, 0) is 19.4 Å². The van der Waals surface area contributed by atoms with Gasteiger partial charge in [0, 0.05) is 44.0 Å².